The number of benzene rings is 1. The Morgan fingerprint density at radius 3 is 2.47 bits per heavy atom. The third-order valence-electron chi connectivity index (χ3n) is 3.05. The van der Waals surface area contributed by atoms with Gasteiger partial charge in [0.1, 0.15) is 0 Å². The number of hydrogen-bond acceptors (Lipinski definition) is 4. The van der Waals surface area contributed by atoms with Gasteiger partial charge in [-0.05, 0) is 46.9 Å². The van der Waals surface area contributed by atoms with Crippen LogP contribution in [-0.2, 0) is 10.0 Å². The molecule has 1 aliphatic heterocycles. The van der Waals surface area contributed by atoms with E-state index in [1.165, 1.54) is 0 Å². The molecule has 0 saturated carbocycles. The second-order valence-corrected chi connectivity index (χ2v) is 7.46. The second-order valence-electron chi connectivity index (χ2n) is 4.44. The fourth-order valence-corrected chi connectivity index (χ4v) is 3.35. The molecular formula is C12H18IN3O2S. The van der Waals surface area contributed by atoms with Gasteiger partial charge in [-0.25, -0.2) is 13.1 Å². The van der Waals surface area contributed by atoms with Crippen LogP contribution in [0.25, 0.3) is 0 Å². The fraction of sp³-hybridized carbons (Fsp3) is 0.500. The van der Waals surface area contributed by atoms with E-state index in [1.54, 1.807) is 24.3 Å². The van der Waals surface area contributed by atoms with Crippen molar-refractivity contribution in [2.24, 2.45) is 0 Å². The SMILES string of the molecule is O=S(=O)(NCCN1CCNCC1)c1ccc(I)cc1. The molecule has 0 unspecified atom stereocenters. The van der Waals surface area contributed by atoms with E-state index in [2.05, 4.69) is 37.5 Å². The van der Waals surface area contributed by atoms with Gasteiger partial charge in [-0.1, -0.05) is 0 Å². The van der Waals surface area contributed by atoms with Crippen molar-refractivity contribution in [2.45, 2.75) is 4.90 Å². The summed E-state index contributed by atoms with van der Waals surface area (Å²) >= 11 is 2.15. The highest BCUT2D eigenvalue weighted by molar-refractivity contribution is 14.1. The molecule has 0 aromatic heterocycles. The zero-order valence-electron chi connectivity index (χ0n) is 10.6. The molecule has 0 atom stereocenters. The first-order chi connectivity index (χ1) is 9.08. The molecule has 19 heavy (non-hydrogen) atoms. The van der Waals surface area contributed by atoms with Gasteiger partial charge in [-0.15, -0.1) is 0 Å². The summed E-state index contributed by atoms with van der Waals surface area (Å²) < 4.78 is 27.8. The van der Waals surface area contributed by atoms with E-state index in [1.807, 2.05) is 0 Å². The van der Waals surface area contributed by atoms with Crippen LogP contribution >= 0.6 is 22.6 Å². The molecule has 1 aromatic rings. The van der Waals surface area contributed by atoms with Crippen molar-refractivity contribution in [1.29, 1.82) is 0 Å². The van der Waals surface area contributed by atoms with E-state index in [9.17, 15) is 8.42 Å². The minimum Gasteiger partial charge on any atom is -0.314 e. The minimum absolute atomic E-state index is 0.327. The summed E-state index contributed by atoms with van der Waals surface area (Å²) in [5.74, 6) is 0. The zero-order valence-corrected chi connectivity index (χ0v) is 13.6. The van der Waals surface area contributed by atoms with Gasteiger partial charge in [-0.3, -0.25) is 4.90 Å². The molecule has 1 heterocycles. The molecule has 1 fully saturated rings. The van der Waals surface area contributed by atoms with Crippen molar-refractivity contribution in [3.8, 4) is 0 Å². The molecule has 0 radical (unpaired) electrons. The first kappa shape index (κ1) is 15.2. The van der Waals surface area contributed by atoms with Crippen molar-refractivity contribution < 1.29 is 8.42 Å². The molecule has 1 aliphatic rings. The lowest BCUT2D eigenvalue weighted by molar-refractivity contribution is 0.245. The third-order valence-corrected chi connectivity index (χ3v) is 5.25. The van der Waals surface area contributed by atoms with E-state index in [-0.39, 0.29) is 0 Å². The smallest absolute Gasteiger partial charge is 0.240 e. The monoisotopic (exact) mass is 395 g/mol. The number of nitrogens with one attached hydrogen (secondary N) is 2. The molecule has 1 saturated heterocycles. The van der Waals surface area contributed by atoms with Crippen LogP contribution in [0.15, 0.2) is 29.2 Å². The summed E-state index contributed by atoms with van der Waals surface area (Å²) in [5.41, 5.74) is 0. The van der Waals surface area contributed by atoms with Crippen molar-refractivity contribution in [1.82, 2.24) is 14.9 Å². The Kier molecular flexibility index (Phi) is 5.58. The van der Waals surface area contributed by atoms with Crippen LogP contribution in [0.4, 0.5) is 0 Å². The van der Waals surface area contributed by atoms with Crippen LogP contribution in [-0.4, -0.2) is 52.6 Å². The predicted octanol–water partition coefficient (Wildman–Crippen LogP) is 0.475. The average molecular weight is 395 g/mol. The van der Waals surface area contributed by atoms with Crippen molar-refractivity contribution in [3.05, 3.63) is 27.8 Å². The summed E-state index contributed by atoms with van der Waals surface area (Å²) in [7, 11) is -3.37. The Morgan fingerprint density at radius 1 is 1.21 bits per heavy atom. The second kappa shape index (κ2) is 6.98. The Hall–Kier alpha value is -0.220. The maximum absolute atomic E-state index is 12.0. The normalized spacial score (nSPS) is 17.5. The van der Waals surface area contributed by atoms with Gasteiger partial charge in [-0.2, -0.15) is 0 Å². The van der Waals surface area contributed by atoms with E-state index in [0.717, 1.165) is 36.3 Å². The number of nitrogens with zero attached hydrogens (tertiary/aromatic N) is 1. The van der Waals surface area contributed by atoms with Crippen molar-refractivity contribution in [2.75, 3.05) is 39.3 Å². The van der Waals surface area contributed by atoms with Gasteiger partial charge in [0, 0.05) is 42.8 Å². The Morgan fingerprint density at radius 2 is 1.84 bits per heavy atom. The quantitative estimate of drug-likeness (QED) is 0.712. The van der Waals surface area contributed by atoms with E-state index >= 15 is 0 Å². The lowest BCUT2D eigenvalue weighted by Gasteiger charge is -2.27. The predicted molar refractivity (Wildman–Crippen MR) is 83.7 cm³/mol. The number of piperazine rings is 1. The highest BCUT2D eigenvalue weighted by Crippen LogP contribution is 2.11. The molecule has 106 valence electrons. The maximum atomic E-state index is 12.0. The Labute approximate surface area is 127 Å². The van der Waals surface area contributed by atoms with Gasteiger partial charge in [0.15, 0.2) is 0 Å². The van der Waals surface area contributed by atoms with Gasteiger partial charge >= 0.3 is 0 Å². The van der Waals surface area contributed by atoms with Crippen LogP contribution in [0.3, 0.4) is 0 Å². The largest absolute Gasteiger partial charge is 0.314 e. The van der Waals surface area contributed by atoms with Crippen LogP contribution < -0.4 is 10.0 Å². The molecule has 0 aliphatic carbocycles. The molecule has 0 bridgehead atoms. The zero-order chi connectivity index (χ0) is 13.7. The minimum atomic E-state index is -3.37. The van der Waals surface area contributed by atoms with Gasteiger partial charge < -0.3 is 5.32 Å². The summed E-state index contributed by atoms with van der Waals surface area (Å²) in [6.45, 7) is 5.11. The number of rotatable bonds is 5. The Bertz CT molecular complexity index is 498. The van der Waals surface area contributed by atoms with E-state index < -0.39 is 10.0 Å². The van der Waals surface area contributed by atoms with Crippen molar-refractivity contribution >= 4 is 32.6 Å². The first-order valence-electron chi connectivity index (χ1n) is 6.26. The molecule has 2 N–H and O–H groups in total. The molecule has 5 nitrogen and oxygen atoms in total. The molecule has 1 aromatic carbocycles. The molecular weight excluding hydrogens is 377 g/mol. The molecule has 0 amide bonds. The highest BCUT2D eigenvalue weighted by Gasteiger charge is 2.14. The van der Waals surface area contributed by atoms with Crippen LogP contribution in [0, 0.1) is 3.57 Å². The number of hydrogen-bond donors (Lipinski definition) is 2. The number of halogens is 1. The number of sulfonamides is 1. The first-order valence-corrected chi connectivity index (χ1v) is 8.82. The summed E-state index contributed by atoms with van der Waals surface area (Å²) in [4.78, 5) is 2.58. The van der Waals surface area contributed by atoms with Crippen LogP contribution in [0.5, 0.6) is 0 Å². The summed E-state index contributed by atoms with van der Waals surface area (Å²) in [6, 6.07) is 6.86. The van der Waals surface area contributed by atoms with Gasteiger partial charge in [0.05, 0.1) is 4.90 Å². The van der Waals surface area contributed by atoms with Gasteiger partial charge in [0.25, 0.3) is 0 Å². The Balaban J connectivity index is 1.85. The lowest BCUT2D eigenvalue weighted by Crippen LogP contribution is -2.46. The average Bonchev–Trinajstić information content (AvgIpc) is 2.40. The maximum Gasteiger partial charge on any atom is 0.240 e. The van der Waals surface area contributed by atoms with Gasteiger partial charge in [0.2, 0.25) is 10.0 Å². The third kappa shape index (κ3) is 4.67. The standard InChI is InChI=1S/C12H18IN3O2S/c13-11-1-3-12(4-2-11)19(17,18)15-7-10-16-8-5-14-6-9-16/h1-4,14-15H,5-10H2. The molecule has 0 spiro atoms. The summed E-state index contributed by atoms with van der Waals surface area (Å²) in [5, 5.41) is 3.27. The highest BCUT2D eigenvalue weighted by atomic mass is 127. The van der Waals surface area contributed by atoms with Crippen LogP contribution in [0.1, 0.15) is 0 Å². The van der Waals surface area contributed by atoms with E-state index in [0.29, 0.717) is 11.4 Å². The van der Waals surface area contributed by atoms with Crippen molar-refractivity contribution in [3.63, 3.8) is 0 Å². The topological polar surface area (TPSA) is 61.4 Å². The summed E-state index contributed by atoms with van der Waals surface area (Å²) in [6.07, 6.45) is 0. The molecule has 2 rings (SSSR count). The van der Waals surface area contributed by atoms with Crippen LogP contribution in [0.2, 0.25) is 0 Å². The fourth-order valence-electron chi connectivity index (χ4n) is 1.97. The lowest BCUT2D eigenvalue weighted by atomic mass is 10.3. The molecule has 7 heteroatoms. The van der Waals surface area contributed by atoms with E-state index in [4.69, 9.17) is 0 Å².